The van der Waals surface area contributed by atoms with Gasteiger partial charge in [0.2, 0.25) is 0 Å². The Morgan fingerprint density at radius 1 is 1.39 bits per heavy atom. The van der Waals surface area contributed by atoms with Crippen molar-refractivity contribution >= 4 is 36.8 Å². The highest BCUT2D eigenvalue weighted by atomic mass is 31.2. The van der Waals surface area contributed by atoms with Crippen LogP contribution in [0.1, 0.15) is 59.4 Å². The Kier molecular flexibility index (Phi) is 5.75. The molecule has 178 valence electrons. The number of amides is 1. The quantitative estimate of drug-likeness (QED) is 0.175. The summed E-state index contributed by atoms with van der Waals surface area (Å²) in [7, 11) is -5.01. The standard InChI is InChI=1S/C22H27FN3O6P/c1-4-26(12-32-33(29,30)31)9-5-6-20(27)21-13(2)19(24-14(21)3)11-17-16-10-15(23)7-8-18(16)25-22(17)28/h7-8,10-11,24H,4-6,9,12H2,1-3H3,(H,25,28)(H2,29,30,31)/b17-11-/i1D3,4D2. The van der Waals surface area contributed by atoms with Crippen LogP contribution in [0.15, 0.2) is 18.2 Å². The summed E-state index contributed by atoms with van der Waals surface area (Å²) < 4.78 is 67.2. The molecule has 33 heavy (non-hydrogen) atoms. The fourth-order valence-corrected chi connectivity index (χ4v) is 3.93. The lowest BCUT2D eigenvalue weighted by molar-refractivity contribution is -0.110. The molecule has 11 heteroatoms. The maximum absolute atomic E-state index is 13.8. The molecule has 9 nitrogen and oxygen atoms in total. The van der Waals surface area contributed by atoms with E-state index >= 15 is 0 Å². The Labute approximate surface area is 197 Å². The number of fused-ring (bicyclic) bond motifs is 1. The molecule has 1 aromatic carbocycles. The number of anilines is 1. The number of hydrogen-bond donors (Lipinski definition) is 4. The highest BCUT2D eigenvalue weighted by Crippen LogP contribution is 2.36. The number of hydrogen-bond acceptors (Lipinski definition) is 5. The van der Waals surface area contributed by atoms with Gasteiger partial charge in [0, 0.05) is 48.0 Å². The number of phosphoric ester groups is 1. The minimum atomic E-state index is -5.01. The number of Topliss-reactive ketones (excluding diaryl/α,β-unsaturated/α-hetero) is 1. The van der Waals surface area contributed by atoms with Gasteiger partial charge >= 0.3 is 7.82 Å². The Morgan fingerprint density at radius 2 is 2.15 bits per heavy atom. The van der Waals surface area contributed by atoms with E-state index in [1.54, 1.807) is 13.8 Å². The predicted molar refractivity (Wildman–Crippen MR) is 122 cm³/mol. The van der Waals surface area contributed by atoms with E-state index in [2.05, 4.69) is 14.8 Å². The topological polar surface area (TPSA) is 132 Å². The van der Waals surface area contributed by atoms with Gasteiger partial charge in [-0.1, -0.05) is 6.85 Å². The molecule has 0 fully saturated rings. The first-order chi connectivity index (χ1) is 17.4. The van der Waals surface area contributed by atoms with Crippen LogP contribution >= 0.6 is 7.82 Å². The summed E-state index contributed by atoms with van der Waals surface area (Å²) in [6.07, 6.45) is 1.33. The summed E-state index contributed by atoms with van der Waals surface area (Å²) in [5.74, 6) is -1.29. The highest BCUT2D eigenvalue weighted by Gasteiger charge is 2.26. The average molecular weight is 484 g/mol. The molecular formula is C22H27FN3O6P. The van der Waals surface area contributed by atoms with Crippen molar-refractivity contribution in [3.05, 3.63) is 52.1 Å². The lowest BCUT2D eigenvalue weighted by atomic mass is 10.0. The number of phosphoric acid groups is 1. The third kappa shape index (κ3) is 6.04. The Bertz CT molecular complexity index is 1340. The number of ketones is 1. The van der Waals surface area contributed by atoms with Crippen LogP contribution in [0.4, 0.5) is 10.1 Å². The van der Waals surface area contributed by atoms with Crippen LogP contribution in [0, 0.1) is 19.7 Å². The second-order valence-electron chi connectivity index (χ2n) is 7.52. The fraction of sp³-hybridized carbons (Fsp3) is 0.364. The predicted octanol–water partition coefficient (Wildman–Crippen LogP) is 3.61. The van der Waals surface area contributed by atoms with Crippen LogP contribution in [-0.2, 0) is 13.9 Å². The number of aryl methyl sites for hydroxylation is 1. The molecule has 0 saturated carbocycles. The zero-order valence-electron chi connectivity index (χ0n) is 22.9. The summed E-state index contributed by atoms with van der Waals surface area (Å²) in [6.45, 7) is -4.18. The van der Waals surface area contributed by atoms with Gasteiger partial charge in [-0.2, -0.15) is 0 Å². The molecule has 3 rings (SSSR count). The number of H-pyrrole nitrogens is 1. The van der Waals surface area contributed by atoms with Crippen LogP contribution in [0.3, 0.4) is 0 Å². The zero-order valence-corrected chi connectivity index (χ0v) is 18.8. The van der Waals surface area contributed by atoms with Crippen LogP contribution in [0.5, 0.6) is 0 Å². The number of carbonyl (C=O) groups is 2. The summed E-state index contributed by atoms with van der Waals surface area (Å²) in [4.78, 5) is 47.0. The maximum Gasteiger partial charge on any atom is 0.470 e. The Balaban J connectivity index is 1.78. The smallest absolute Gasteiger partial charge is 0.358 e. The van der Waals surface area contributed by atoms with Gasteiger partial charge in [-0.15, -0.1) is 0 Å². The van der Waals surface area contributed by atoms with E-state index in [4.69, 9.17) is 16.6 Å². The van der Waals surface area contributed by atoms with Crippen LogP contribution in [-0.4, -0.2) is 51.1 Å². The number of nitrogens with zero attached hydrogens (tertiary/aromatic N) is 1. The SMILES string of the molecule is [2H]C([2H])([2H])C([2H])([2H])N(CCCC(=O)c1c(C)[nH]c(/C=C2\C(=O)Nc3ccc(F)cc32)c1C)COP(=O)(O)O. The van der Waals surface area contributed by atoms with Gasteiger partial charge < -0.3 is 20.1 Å². The van der Waals surface area contributed by atoms with Gasteiger partial charge in [0.1, 0.15) is 12.5 Å². The summed E-state index contributed by atoms with van der Waals surface area (Å²) in [5, 5.41) is 2.65. The molecule has 0 spiro atoms. The third-order valence-electron chi connectivity index (χ3n) is 5.18. The number of halogens is 1. The van der Waals surface area contributed by atoms with E-state index in [1.165, 1.54) is 24.3 Å². The van der Waals surface area contributed by atoms with Gasteiger partial charge in [-0.25, -0.2) is 8.96 Å². The number of benzene rings is 1. The van der Waals surface area contributed by atoms with Crippen molar-refractivity contribution in [2.24, 2.45) is 0 Å². The summed E-state index contributed by atoms with van der Waals surface area (Å²) >= 11 is 0. The molecule has 1 aliphatic rings. The lowest BCUT2D eigenvalue weighted by Gasteiger charge is -2.20. The van der Waals surface area contributed by atoms with Crippen LogP contribution in [0.25, 0.3) is 11.6 Å². The second-order valence-corrected chi connectivity index (χ2v) is 8.76. The monoisotopic (exact) mass is 484 g/mol. The number of rotatable bonds is 10. The molecule has 0 radical (unpaired) electrons. The van der Waals surface area contributed by atoms with E-state index < -0.39 is 39.6 Å². The molecule has 1 aromatic heterocycles. The molecule has 0 aliphatic carbocycles. The minimum Gasteiger partial charge on any atom is -0.358 e. The van der Waals surface area contributed by atoms with Crippen molar-refractivity contribution in [3.63, 3.8) is 0 Å². The summed E-state index contributed by atoms with van der Waals surface area (Å²) in [5.41, 5.74) is 2.87. The molecule has 4 N–H and O–H groups in total. The van der Waals surface area contributed by atoms with Crippen molar-refractivity contribution in [1.82, 2.24) is 9.88 Å². The maximum atomic E-state index is 13.8. The van der Waals surface area contributed by atoms with Crippen molar-refractivity contribution in [2.45, 2.75) is 33.5 Å². The van der Waals surface area contributed by atoms with Gasteiger partial charge in [-0.3, -0.25) is 19.0 Å². The van der Waals surface area contributed by atoms with Crippen molar-refractivity contribution in [3.8, 4) is 0 Å². The van der Waals surface area contributed by atoms with Crippen molar-refractivity contribution in [1.29, 1.82) is 0 Å². The van der Waals surface area contributed by atoms with E-state index in [0.717, 1.165) is 0 Å². The summed E-state index contributed by atoms with van der Waals surface area (Å²) in [6, 6.07) is 3.91. The van der Waals surface area contributed by atoms with E-state index in [0.29, 0.717) is 38.7 Å². The minimum absolute atomic E-state index is 0.0471. The van der Waals surface area contributed by atoms with Gasteiger partial charge in [0.05, 0.1) is 5.57 Å². The third-order valence-corrected chi connectivity index (χ3v) is 5.63. The molecule has 1 amide bonds. The van der Waals surface area contributed by atoms with Crippen LogP contribution < -0.4 is 5.32 Å². The highest BCUT2D eigenvalue weighted by molar-refractivity contribution is 7.46. The molecule has 0 atom stereocenters. The van der Waals surface area contributed by atoms with Gasteiger partial charge in [0.15, 0.2) is 5.78 Å². The first-order valence-corrected chi connectivity index (χ1v) is 11.5. The molecule has 2 heterocycles. The first-order valence-electron chi connectivity index (χ1n) is 12.4. The van der Waals surface area contributed by atoms with Crippen LogP contribution in [0.2, 0.25) is 0 Å². The van der Waals surface area contributed by atoms with E-state index in [9.17, 15) is 18.5 Å². The zero-order chi connectivity index (χ0) is 28.6. The number of aromatic nitrogens is 1. The largest absolute Gasteiger partial charge is 0.470 e. The van der Waals surface area contributed by atoms with Gasteiger partial charge in [-0.05, 0) is 56.6 Å². The van der Waals surface area contributed by atoms with E-state index in [-0.39, 0.29) is 30.7 Å². The molecule has 0 saturated heterocycles. The van der Waals surface area contributed by atoms with Gasteiger partial charge in [0.25, 0.3) is 5.91 Å². The molecular weight excluding hydrogens is 452 g/mol. The number of carbonyl (C=O) groups excluding carboxylic acids is 2. The van der Waals surface area contributed by atoms with Crippen molar-refractivity contribution in [2.75, 3.05) is 25.1 Å². The van der Waals surface area contributed by atoms with E-state index in [1.807, 2.05) is 0 Å². The Hall–Kier alpha value is -2.62. The molecule has 2 aromatic rings. The molecule has 1 aliphatic heterocycles. The Morgan fingerprint density at radius 3 is 2.85 bits per heavy atom. The normalized spacial score (nSPS) is 17.8. The fourth-order valence-electron chi connectivity index (χ4n) is 3.64. The average Bonchev–Trinajstić information content (AvgIpc) is 3.23. The number of aromatic amines is 1. The second kappa shape index (κ2) is 10.1. The first kappa shape index (κ1) is 18.8. The molecule has 0 bridgehead atoms. The van der Waals surface area contributed by atoms with Crippen molar-refractivity contribution < 1.29 is 39.7 Å². The lowest BCUT2D eigenvalue weighted by Crippen LogP contribution is -2.27. The molecule has 0 unspecified atom stereocenters. The number of nitrogens with one attached hydrogen (secondary N) is 2.